The van der Waals surface area contributed by atoms with Crippen LogP contribution in [0, 0.1) is 0 Å². The molecule has 2 N–H and O–H groups in total. The van der Waals surface area contributed by atoms with Gasteiger partial charge in [-0.1, -0.05) is 19.8 Å². The first kappa shape index (κ1) is 10.1. The quantitative estimate of drug-likeness (QED) is 0.677. The van der Waals surface area contributed by atoms with Crippen LogP contribution in [0.15, 0.2) is 6.07 Å². The summed E-state index contributed by atoms with van der Waals surface area (Å²) in [5.41, 5.74) is 0.522. The summed E-state index contributed by atoms with van der Waals surface area (Å²) in [4.78, 5) is 0. The first-order valence-electron chi connectivity index (χ1n) is 4.64. The lowest BCUT2D eigenvalue weighted by Gasteiger charge is -2.01. The molecule has 0 fully saturated rings. The molecule has 0 amide bonds. The Morgan fingerprint density at radius 3 is 2.77 bits per heavy atom. The van der Waals surface area contributed by atoms with E-state index in [1.165, 1.54) is 10.7 Å². The Kier molecular flexibility index (Phi) is 3.76. The predicted molar refractivity (Wildman–Crippen MR) is 49.3 cm³/mol. The van der Waals surface area contributed by atoms with Gasteiger partial charge in [-0.15, -0.1) is 0 Å². The van der Waals surface area contributed by atoms with Crippen LogP contribution in [-0.2, 0) is 13.2 Å². The molecule has 1 aromatic heterocycles. The van der Waals surface area contributed by atoms with Gasteiger partial charge in [0.15, 0.2) is 0 Å². The highest BCUT2D eigenvalue weighted by Gasteiger charge is 2.04. The highest BCUT2D eigenvalue weighted by atomic mass is 16.3. The normalized spacial score (nSPS) is 10.6. The van der Waals surface area contributed by atoms with E-state index in [-0.39, 0.29) is 12.5 Å². The summed E-state index contributed by atoms with van der Waals surface area (Å²) >= 11 is 0. The zero-order valence-corrected chi connectivity index (χ0v) is 7.90. The number of nitrogens with zero attached hydrogens (tertiary/aromatic N) is 2. The van der Waals surface area contributed by atoms with Crippen molar-refractivity contribution < 1.29 is 10.2 Å². The molecule has 0 radical (unpaired) electrons. The third kappa shape index (κ3) is 2.73. The maximum absolute atomic E-state index is 9.35. The Labute approximate surface area is 77.8 Å². The smallest absolute Gasteiger partial charge is 0.209 e. The lowest BCUT2D eigenvalue weighted by Crippen LogP contribution is -2.00. The molecule has 0 atom stereocenters. The maximum Gasteiger partial charge on any atom is 0.209 e. The standard InChI is InChI=1S/C9H16N2O2/c1-2-3-4-5-11-9(13)6-8(7-12)10-11/h6,12-13H,2-5,7H2,1H3. The minimum Gasteiger partial charge on any atom is -0.493 e. The molecule has 4 heteroatoms. The second kappa shape index (κ2) is 4.87. The largest absolute Gasteiger partial charge is 0.493 e. The molecule has 0 saturated carbocycles. The molecular weight excluding hydrogens is 168 g/mol. The second-order valence-corrected chi connectivity index (χ2v) is 3.08. The molecule has 0 aromatic carbocycles. The predicted octanol–water partition coefficient (Wildman–Crippen LogP) is 1.27. The van der Waals surface area contributed by atoms with Gasteiger partial charge in [-0.3, -0.25) is 0 Å². The summed E-state index contributed by atoms with van der Waals surface area (Å²) in [6.45, 7) is 2.73. The Morgan fingerprint density at radius 2 is 2.23 bits per heavy atom. The number of hydrogen-bond acceptors (Lipinski definition) is 3. The van der Waals surface area contributed by atoms with Gasteiger partial charge in [-0.25, -0.2) is 4.68 Å². The molecule has 1 heterocycles. The van der Waals surface area contributed by atoms with E-state index in [0.29, 0.717) is 5.69 Å². The average molecular weight is 184 g/mol. The molecular formula is C9H16N2O2. The van der Waals surface area contributed by atoms with Crippen molar-refractivity contribution in [3.63, 3.8) is 0 Å². The van der Waals surface area contributed by atoms with E-state index in [2.05, 4.69) is 12.0 Å². The van der Waals surface area contributed by atoms with E-state index < -0.39 is 0 Å². The van der Waals surface area contributed by atoms with Crippen LogP contribution >= 0.6 is 0 Å². The molecule has 0 aliphatic carbocycles. The van der Waals surface area contributed by atoms with Gasteiger partial charge in [0.05, 0.1) is 12.3 Å². The third-order valence-corrected chi connectivity index (χ3v) is 1.94. The Hall–Kier alpha value is -1.03. The zero-order valence-electron chi connectivity index (χ0n) is 7.90. The number of aromatic nitrogens is 2. The monoisotopic (exact) mass is 184 g/mol. The van der Waals surface area contributed by atoms with Crippen molar-refractivity contribution in [1.29, 1.82) is 0 Å². The molecule has 0 unspecified atom stereocenters. The highest BCUT2D eigenvalue weighted by molar-refractivity contribution is 5.13. The van der Waals surface area contributed by atoms with E-state index in [1.54, 1.807) is 0 Å². The number of hydrogen-bond donors (Lipinski definition) is 2. The molecule has 13 heavy (non-hydrogen) atoms. The number of aryl methyl sites for hydroxylation is 1. The Morgan fingerprint density at radius 1 is 1.46 bits per heavy atom. The minimum absolute atomic E-state index is 0.117. The highest BCUT2D eigenvalue weighted by Crippen LogP contribution is 2.12. The van der Waals surface area contributed by atoms with Gasteiger partial charge in [-0.2, -0.15) is 5.10 Å². The van der Waals surface area contributed by atoms with Crippen LogP contribution in [-0.4, -0.2) is 20.0 Å². The first-order valence-corrected chi connectivity index (χ1v) is 4.64. The molecule has 4 nitrogen and oxygen atoms in total. The topological polar surface area (TPSA) is 58.3 Å². The zero-order chi connectivity index (χ0) is 9.68. The third-order valence-electron chi connectivity index (χ3n) is 1.94. The number of unbranched alkanes of at least 4 members (excludes halogenated alkanes) is 2. The van der Waals surface area contributed by atoms with Crippen LogP contribution in [0.25, 0.3) is 0 Å². The molecule has 1 rings (SSSR count). The van der Waals surface area contributed by atoms with Crippen molar-refractivity contribution in [2.24, 2.45) is 0 Å². The summed E-state index contributed by atoms with van der Waals surface area (Å²) in [7, 11) is 0. The summed E-state index contributed by atoms with van der Waals surface area (Å²) in [6.07, 6.45) is 3.29. The van der Waals surface area contributed by atoms with Crippen LogP contribution in [0.1, 0.15) is 31.9 Å². The summed E-state index contributed by atoms with van der Waals surface area (Å²) < 4.78 is 1.53. The van der Waals surface area contributed by atoms with Crippen LogP contribution in [0.2, 0.25) is 0 Å². The number of aliphatic hydroxyl groups is 1. The molecule has 74 valence electrons. The van der Waals surface area contributed by atoms with Crippen molar-refractivity contribution in [1.82, 2.24) is 9.78 Å². The van der Waals surface area contributed by atoms with Crippen molar-refractivity contribution in [2.75, 3.05) is 0 Å². The molecule has 0 saturated heterocycles. The molecule has 0 aliphatic heterocycles. The van der Waals surface area contributed by atoms with E-state index >= 15 is 0 Å². The molecule has 1 aromatic rings. The van der Waals surface area contributed by atoms with Gasteiger partial charge in [0, 0.05) is 12.6 Å². The number of aromatic hydroxyl groups is 1. The van der Waals surface area contributed by atoms with Crippen molar-refractivity contribution >= 4 is 0 Å². The van der Waals surface area contributed by atoms with Crippen LogP contribution in [0.5, 0.6) is 5.88 Å². The van der Waals surface area contributed by atoms with Gasteiger partial charge < -0.3 is 10.2 Å². The summed E-state index contributed by atoms with van der Waals surface area (Å²) in [6, 6.07) is 1.49. The Bertz CT molecular complexity index is 258. The lowest BCUT2D eigenvalue weighted by atomic mass is 10.2. The van der Waals surface area contributed by atoms with Gasteiger partial charge >= 0.3 is 0 Å². The molecule has 0 aliphatic rings. The summed E-state index contributed by atoms with van der Waals surface area (Å²) in [5.74, 6) is 0.139. The fourth-order valence-corrected chi connectivity index (χ4v) is 1.21. The second-order valence-electron chi connectivity index (χ2n) is 3.08. The fourth-order valence-electron chi connectivity index (χ4n) is 1.21. The SMILES string of the molecule is CCCCCn1nc(CO)cc1O. The number of rotatable bonds is 5. The lowest BCUT2D eigenvalue weighted by molar-refractivity contribution is 0.275. The first-order chi connectivity index (χ1) is 6.27. The van der Waals surface area contributed by atoms with E-state index in [1.807, 2.05) is 0 Å². The van der Waals surface area contributed by atoms with Crippen LogP contribution in [0.3, 0.4) is 0 Å². The minimum atomic E-state index is -0.117. The van der Waals surface area contributed by atoms with Crippen LogP contribution < -0.4 is 0 Å². The fraction of sp³-hybridized carbons (Fsp3) is 0.667. The van der Waals surface area contributed by atoms with Crippen molar-refractivity contribution in [3.8, 4) is 5.88 Å². The molecule has 0 bridgehead atoms. The maximum atomic E-state index is 9.35. The average Bonchev–Trinajstić information content (AvgIpc) is 2.48. The van der Waals surface area contributed by atoms with E-state index in [4.69, 9.17) is 5.11 Å². The van der Waals surface area contributed by atoms with E-state index in [0.717, 1.165) is 25.8 Å². The van der Waals surface area contributed by atoms with Gasteiger partial charge in [0.1, 0.15) is 0 Å². The summed E-state index contributed by atoms with van der Waals surface area (Å²) in [5, 5.41) is 22.1. The van der Waals surface area contributed by atoms with Crippen molar-refractivity contribution in [2.45, 2.75) is 39.3 Å². The van der Waals surface area contributed by atoms with Crippen LogP contribution in [0.4, 0.5) is 0 Å². The Balaban J connectivity index is 2.50. The van der Waals surface area contributed by atoms with Gasteiger partial charge in [0.25, 0.3) is 0 Å². The van der Waals surface area contributed by atoms with Crippen molar-refractivity contribution in [3.05, 3.63) is 11.8 Å². The molecule has 0 spiro atoms. The number of aliphatic hydroxyl groups excluding tert-OH is 1. The van der Waals surface area contributed by atoms with Gasteiger partial charge in [-0.05, 0) is 6.42 Å². The van der Waals surface area contributed by atoms with Gasteiger partial charge in [0.2, 0.25) is 5.88 Å². The van der Waals surface area contributed by atoms with E-state index in [9.17, 15) is 5.11 Å².